The van der Waals surface area contributed by atoms with Crippen molar-refractivity contribution in [3.05, 3.63) is 0 Å². The predicted octanol–water partition coefficient (Wildman–Crippen LogP) is 10.4. The summed E-state index contributed by atoms with van der Waals surface area (Å²) in [6, 6.07) is 0. The highest BCUT2D eigenvalue weighted by molar-refractivity contribution is 4.61. The summed E-state index contributed by atoms with van der Waals surface area (Å²) in [4.78, 5) is 2.22. The van der Waals surface area contributed by atoms with Crippen LogP contribution in [0.5, 0.6) is 0 Å². The van der Waals surface area contributed by atoms with Crippen molar-refractivity contribution >= 4 is 0 Å². The maximum absolute atomic E-state index is 6.19. The van der Waals surface area contributed by atoms with Crippen LogP contribution < -0.4 is 0 Å². The Bertz CT molecular complexity index is 388. The molecule has 0 aliphatic carbocycles. The molecule has 3 heteroatoms. The summed E-state index contributed by atoms with van der Waals surface area (Å²) >= 11 is 0. The van der Waals surface area contributed by atoms with E-state index in [-0.39, 0.29) is 6.10 Å². The number of likely N-dealkylation sites (N-methyl/N-ethyl adjacent to an activating group) is 1. The molecule has 0 rings (SSSR count). The third kappa shape index (κ3) is 30.1. The first-order valence-electron chi connectivity index (χ1n) is 16.5. The average molecular weight is 512 g/mol. The van der Waals surface area contributed by atoms with Gasteiger partial charge in [0.2, 0.25) is 0 Å². The van der Waals surface area contributed by atoms with Gasteiger partial charge in [-0.15, -0.1) is 0 Å². The third-order valence-electron chi connectivity index (χ3n) is 7.37. The minimum atomic E-state index is 0.213. The first kappa shape index (κ1) is 35.9. The van der Waals surface area contributed by atoms with Crippen LogP contribution in [0.25, 0.3) is 0 Å². The lowest BCUT2D eigenvalue weighted by molar-refractivity contribution is -0.0287. The number of hydrogen-bond donors (Lipinski definition) is 0. The summed E-state index contributed by atoms with van der Waals surface area (Å²) in [7, 11) is 4.26. The van der Waals surface area contributed by atoms with Gasteiger partial charge in [-0.25, -0.2) is 0 Å². The minimum absolute atomic E-state index is 0.213. The van der Waals surface area contributed by atoms with Gasteiger partial charge in [-0.3, -0.25) is 0 Å². The number of hydrogen-bond acceptors (Lipinski definition) is 3. The maximum Gasteiger partial charge on any atom is 0.0934 e. The molecular formula is C33H69NO2. The van der Waals surface area contributed by atoms with Crippen LogP contribution in [0.2, 0.25) is 0 Å². The highest BCUT2D eigenvalue weighted by atomic mass is 16.5. The fourth-order valence-corrected chi connectivity index (χ4v) is 5.01. The molecule has 0 bridgehead atoms. The van der Waals surface area contributed by atoms with Crippen LogP contribution in [0.4, 0.5) is 0 Å². The van der Waals surface area contributed by atoms with Crippen molar-refractivity contribution in [3.63, 3.8) is 0 Å². The van der Waals surface area contributed by atoms with Gasteiger partial charge in [0.15, 0.2) is 0 Å². The molecule has 3 nitrogen and oxygen atoms in total. The molecule has 0 saturated carbocycles. The van der Waals surface area contributed by atoms with Gasteiger partial charge in [0.1, 0.15) is 0 Å². The van der Waals surface area contributed by atoms with Crippen molar-refractivity contribution in [1.29, 1.82) is 0 Å². The van der Waals surface area contributed by atoms with Crippen molar-refractivity contribution < 1.29 is 9.47 Å². The highest BCUT2D eigenvalue weighted by Gasteiger charge is 2.10. The lowest BCUT2D eigenvalue weighted by Gasteiger charge is -2.21. The van der Waals surface area contributed by atoms with Gasteiger partial charge in [0.25, 0.3) is 0 Å². The van der Waals surface area contributed by atoms with Crippen LogP contribution in [-0.4, -0.2) is 51.5 Å². The van der Waals surface area contributed by atoms with Gasteiger partial charge in [-0.1, -0.05) is 155 Å². The molecule has 0 saturated heterocycles. The summed E-state index contributed by atoms with van der Waals surface area (Å²) in [5.41, 5.74) is 0. The Morgan fingerprint density at radius 1 is 0.444 bits per heavy atom. The molecule has 0 spiro atoms. The second-order valence-corrected chi connectivity index (χ2v) is 11.6. The van der Waals surface area contributed by atoms with Crippen LogP contribution >= 0.6 is 0 Å². The monoisotopic (exact) mass is 512 g/mol. The lowest BCUT2D eigenvalue weighted by Crippen LogP contribution is -2.32. The van der Waals surface area contributed by atoms with Crippen molar-refractivity contribution in [2.75, 3.05) is 40.5 Å². The van der Waals surface area contributed by atoms with E-state index in [2.05, 4.69) is 32.8 Å². The molecule has 0 aromatic carbocycles. The fourth-order valence-electron chi connectivity index (χ4n) is 5.01. The molecule has 0 amide bonds. The van der Waals surface area contributed by atoms with E-state index in [1.54, 1.807) is 0 Å². The zero-order valence-electron chi connectivity index (χ0n) is 25.6. The summed E-state index contributed by atoms with van der Waals surface area (Å²) in [6.07, 6.45) is 33.6. The van der Waals surface area contributed by atoms with E-state index >= 15 is 0 Å². The van der Waals surface area contributed by atoms with Crippen molar-refractivity contribution in [2.24, 2.45) is 0 Å². The van der Waals surface area contributed by atoms with Crippen molar-refractivity contribution in [3.8, 4) is 0 Å². The minimum Gasteiger partial charge on any atom is -0.379 e. The molecule has 0 fully saturated rings. The first-order valence-corrected chi connectivity index (χ1v) is 16.5. The van der Waals surface area contributed by atoms with E-state index < -0.39 is 0 Å². The summed E-state index contributed by atoms with van der Waals surface area (Å²) in [6.45, 7) is 8.07. The predicted molar refractivity (Wildman–Crippen MR) is 161 cm³/mol. The summed E-state index contributed by atoms with van der Waals surface area (Å²) < 4.78 is 12.2. The van der Waals surface area contributed by atoms with Gasteiger partial charge >= 0.3 is 0 Å². The Morgan fingerprint density at radius 3 is 1.14 bits per heavy atom. The maximum atomic E-state index is 6.19. The largest absolute Gasteiger partial charge is 0.379 e. The van der Waals surface area contributed by atoms with Gasteiger partial charge in [-0.05, 0) is 26.9 Å². The molecular weight excluding hydrogens is 442 g/mol. The smallest absolute Gasteiger partial charge is 0.0934 e. The zero-order chi connectivity index (χ0) is 26.4. The molecule has 0 aromatic rings. The molecule has 0 N–H and O–H groups in total. The molecule has 1 unspecified atom stereocenters. The standard InChI is InChI=1S/C33H69NO2/c1-5-7-9-11-13-15-17-19-21-23-25-27-29-35-32-33(31-34(3)4)36-30-28-26-24-22-20-18-16-14-12-10-8-6-2/h33H,5-32H2,1-4H3. The molecule has 0 aliphatic heterocycles. The molecule has 36 heavy (non-hydrogen) atoms. The van der Waals surface area contributed by atoms with Crippen LogP contribution in [-0.2, 0) is 9.47 Å². The number of rotatable bonds is 31. The van der Waals surface area contributed by atoms with E-state index in [1.807, 2.05) is 0 Å². The number of ether oxygens (including phenoxy) is 2. The van der Waals surface area contributed by atoms with E-state index in [0.29, 0.717) is 0 Å². The van der Waals surface area contributed by atoms with Crippen LogP contribution in [0, 0.1) is 0 Å². The molecule has 1 atom stereocenters. The highest BCUT2D eigenvalue weighted by Crippen LogP contribution is 2.13. The third-order valence-corrected chi connectivity index (χ3v) is 7.37. The van der Waals surface area contributed by atoms with Gasteiger partial charge in [-0.2, -0.15) is 0 Å². The summed E-state index contributed by atoms with van der Waals surface area (Å²) in [5, 5.41) is 0. The summed E-state index contributed by atoms with van der Waals surface area (Å²) in [5.74, 6) is 0. The second kappa shape index (κ2) is 31.1. The fraction of sp³-hybridized carbons (Fsp3) is 1.00. The van der Waals surface area contributed by atoms with Gasteiger partial charge < -0.3 is 14.4 Å². The Balaban J connectivity index is 3.49. The Labute approximate surface area is 228 Å². The van der Waals surface area contributed by atoms with Crippen LogP contribution in [0.15, 0.2) is 0 Å². The Kier molecular flexibility index (Phi) is 31.0. The quantitative estimate of drug-likeness (QED) is 0.0864. The SMILES string of the molecule is CCCCCCCCCCCCCCOCC(CN(C)C)OCCCCCCCCCCCCCC. The van der Waals surface area contributed by atoms with Crippen molar-refractivity contribution in [1.82, 2.24) is 4.90 Å². The second-order valence-electron chi connectivity index (χ2n) is 11.6. The number of nitrogens with zero attached hydrogens (tertiary/aromatic N) is 1. The van der Waals surface area contributed by atoms with Gasteiger partial charge in [0, 0.05) is 19.8 Å². The van der Waals surface area contributed by atoms with E-state index in [9.17, 15) is 0 Å². The molecule has 0 radical (unpaired) electrons. The van der Waals surface area contributed by atoms with E-state index in [1.165, 1.54) is 154 Å². The topological polar surface area (TPSA) is 21.7 Å². The lowest BCUT2D eigenvalue weighted by atomic mass is 10.1. The Morgan fingerprint density at radius 2 is 0.778 bits per heavy atom. The van der Waals surface area contributed by atoms with Crippen LogP contribution in [0.1, 0.15) is 168 Å². The van der Waals surface area contributed by atoms with Crippen LogP contribution in [0.3, 0.4) is 0 Å². The normalized spacial score (nSPS) is 12.6. The molecule has 218 valence electrons. The van der Waals surface area contributed by atoms with E-state index in [4.69, 9.17) is 9.47 Å². The zero-order valence-corrected chi connectivity index (χ0v) is 25.6. The van der Waals surface area contributed by atoms with Gasteiger partial charge in [0.05, 0.1) is 12.7 Å². The van der Waals surface area contributed by atoms with Crippen molar-refractivity contribution in [2.45, 2.75) is 174 Å². The molecule has 0 aromatic heterocycles. The molecule has 0 heterocycles. The average Bonchev–Trinajstić information content (AvgIpc) is 2.86. The molecule has 0 aliphatic rings. The first-order chi connectivity index (χ1) is 17.7. The van der Waals surface area contributed by atoms with E-state index in [0.717, 1.165) is 26.4 Å². The Hall–Kier alpha value is -0.120. The number of unbranched alkanes of at least 4 members (excludes halogenated alkanes) is 22.